The number of hydrogen-bond donors (Lipinski definition) is 0. The number of carbonyl (C=O) groups excluding carboxylic acids is 1. The lowest BCUT2D eigenvalue weighted by atomic mass is 9.42. The highest BCUT2D eigenvalue weighted by atomic mass is 19.4. The maximum atomic E-state index is 14.6. The number of alkyl halides is 3. The van der Waals surface area contributed by atoms with Crippen molar-refractivity contribution in [3.05, 3.63) is 65.7 Å². The van der Waals surface area contributed by atoms with Crippen LogP contribution < -0.4 is 9.47 Å². The van der Waals surface area contributed by atoms with Gasteiger partial charge in [-0.05, 0) is 60.1 Å². The predicted octanol–water partition coefficient (Wildman–Crippen LogP) is 7.86. The number of halogens is 3. The smallest absolute Gasteiger partial charge is 0.432 e. The van der Waals surface area contributed by atoms with Gasteiger partial charge in [-0.1, -0.05) is 64.6 Å². The average Bonchev–Trinajstić information content (AvgIpc) is 3.17. The molecule has 42 heavy (non-hydrogen) atoms. The molecule has 8 heteroatoms. The van der Waals surface area contributed by atoms with Crippen molar-refractivity contribution < 1.29 is 36.9 Å². The number of methoxy groups -OCH3 is 3. The van der Waals surface area contributed by atoms with Gasteiger partial charge in [0.15, 0.2) is 0 Å². The summed E-state index contributed by atoms with van der Waals surface area (Å²) >= 11 is 0. The second kappa shape index (κ2) is 10.0. The van der Waals surface area contributed by atoms with Crippen LogP contribution in [0.25, 0.3) is 5.57 Å². The van der Waals surface area contributed by atoms with E-state index in [0.29, 0.717) is 18.6 Å². The summed E-state index contributed by atoms with van der Waals surface area (Å²) in [5, 5.41) is 0. The monoisotopic (exact) mass is 586 g/mol. The Bertz CT molecular complexity index is 1390. The number of carbonyl (C=O) groups is 1. The van der Waals surface area contributed by atoms with Crippen LogP contribution in [0.15, 0.2) is 49.0 Å². The summed E-state index contributed by atoms with van der Waals surface area (Å²) in [6.07, 6.45) is -2.99. The Labute approximate surface area is 246 Å². The van der Waals surface area contributed by atoms with Crippen molar-refractivity contribution in [1.82, 2.24) is 0 Å². The average molecular weight is 587 g/mol. The van der Waals surface area contributed by atoms with Crippen LogP contribution >= 0.6 is 0 Å². The van der Waals surface area contributed by atoms with Crippen LogP contribution in [-0.4, -0.2) is 39.6 Å². The largest absolute Gasteiger partial charge is 0.497 e. The molecule has 0 aliphatic heterocycles. The number of ether oxygens (including phenoxy) is 4. The zero-order chi connectivity index (χ0) is 30.9. The predicted molar refractivity (Wildman–Crippen MR) is 154 cm³/mol. The lowest BCUT2D eigenvalue weighted by Gasteiger charge is -2.62. The zero-order valence-corrected chi connectivity index (χ0v) is 25.5. The molecule has 3 aliphatic rings. The minimum absolute atomic E-state index is 0.0631. The second-order valence-electron chi connectivity index (χ2n) is 13.2. The molecule has 0 saturated heterocycles. The van der Waals surface area contributed by atoms with Crippen LogP contribution in [0, 0.1) is 22.7 Å². The number of hydrogen-bond acceptors (Lipinski definition) is 5. The maximum Gasteiger partial charge on any atom is 0.432 e. The summed E-state index contributed by atoms with van der Waals surface area (Å²) in [5.74, 6) is 0.196. The molecule has 0 aromatic heterocycles. The molecule has 5 nitrogen and oxygen atoms in total. The molecule has 2 aromatic carbocycles. The molecule has 2 saturated carbocycles. The number of rotatable bonds is 6. The molecule has 0 bridgehead atoms. The van der Waals surface area contributed by atoms with Gasteiger partial charge in [0.1, 0.15) is 17.6 Å². The van der Waals surface area contributed by atoms with E-state index in [4.69, 9.17) is 18.9 Å². The van der Waals surface area contributed by atoms with Crippen molar-refractivity contribution in [1.29, 1.82) is 0 Å². The third-order valence-corrected chi connectivity index (χ3v) is 10.9. The molecule has 228 valence electrons. The highest BCUT2D eigenvalue weighted by molar-refractivity contribution is 5.83. The summed E-state index contributed by atoms with van der Waals surface area (Å²) in [4.78, 5) is 13.6. The number of fused-ring (bicyclic) bond motifs is 5. The molecule has 6 unspecified atom stereocenters. The summed E-state index contributed by atoms with van der Waals surface area (Å²) in [6.45, 7) is 13.2. The van der Waals surface area contributed by atoms with Crippen LogP contribution in [0.2, 0.25) is 0 Å². The number of allylic oxidation sites excluding steroid dienone is 1. The third-order valence-electron chi connectivity index (χ3n) is 10.9. The van der Waals surface area contributed by atoms with E-state index in [2.05, 4.69) is 20.4 Å². The third kappa shape index (κ3) is 4.04. The van der Waals surface area contributed by atoms with E-state index >= 15 is 0 Å². The normalized spacial score (nSPS) is 31.3. The highest BCUT2D eigenvalue weighted by Crippen LogP contribution is 2.71. The first-order valence-corrected chi connectivity index (χ1v) is 14.5. The fourth-order valence-corrected chi connectivity index (χ4v) is 9.15. The quantitative estimate of drug-likeness (QED) is 0.323. The van der Waals surface area contributed by atoms with Gasteiger partial charge in [0.05, 0.1) is 14.2 Å². The van der Waals surface area contributed by atoms with Crippen LogP contribution in [0.4, 0.5) is 13.2 Å². The molecule has 0 amide bonds. The highest BCUT2D eigenvalue weighted by Gasteiger charge is 2.68. The first-order chi connectivity index (χ1) is 19.6. The van der Waals surface area contributed by atoms with Gasteiger partial charge in [-0.2, -0.15) is 13.2 Å². The molecule has 2 fully saturated rings. The van der Waals surface area contributed by atoms with Crippen molar-refractivity contribution in [3.8, 4) is 11.5 Å². The van der Waals surface area contributed by atoms with Gasteiger partial charge in [0.25, 0.3) is 5.60 Å². The van der Waals surface area contributed by atoms with E-state index in [1.165, 1.54) is 24.3 Å². The SMILES string of the molecule is C=C1c2cc(OC)cc(OC)c2C2(C)CCC3C(C)(C)C(OC(=O)C(OC)(c4ccccc4)C(F)(F)F)CCC3(C)C12. The number of esters is 1. The van der Waals surface area contributed by atoms with Crippen molar-refractivity contribution in [2.45, 2.75) is 76.7 Å². The molecule has 3 aliphatic carbocycles. The molecule has 5 rings (SSSR count). The Morgan fingerprint density at radius 3 is 2.19 bits per heavy atom. The standard InChI is InChI=1S/C34H41F3O5/c1-20-23-18-22(39-6)19-24(40-7)27(23)32(5)16-14-25-30(2,3)26(15-17-31(25,4)28(20)32)42-29(38)33(41-8,34(35,36)37)21-12-10-9-11-13-21/h9-13,18-19,25-26,28H,1,14-17H2,2-8H3. The van der Waals surface area contributed by atoms with Crippen LogP contribution in [0.3, 0.4) is 0 Å². The minimum Gasteiger partial charge on any atom is -0.497 e. The summed E-state index contributed by atoms with van der Waals surface area (Å²) in [7, 11) is 4.20. The van der Waals surface area contributed by atoms with Gasteiger partial charge in [-0.3, -0.25) is 0 Å². The van der Waals surface area contributed by atoms with Gasteiger partial charge < -0.3 is 18.9 Å². The van der Waals surface area contributed by atoms with E-state index in [1.807, 2.05) is 26.0 Å². The summed E-state index contributed by atoms with van der Waals surface area (Å²) in [5.41, 5.74) is -1.38. The van der Waals surface area contributed by atoms with E-state index in [0.717, 1.165) is 42.4 Å². The Kier molecular flexibility index (Phi) is 7.28. The van der Waals surface area contributed by atoms with Crippen molar-refractivity contribution in [2.75, 3.05) is 21.3 Å². The molecule has 6 atom stereocenters. The molecular weight excluding hydrogens is 545 g/mol. The Hall–Kier alpha value is -3.00. The van der Waals surface area contributed by atoms with Crippen molar-refractivity contribution >= 4 is 11.5 Å². The molecule has 0 heterocycles. The molecule has 0 spiro atoms. The Morgan fingerprint density at radius 2 is 1.62 bits per heavy atom. The second-order valence-corrected chi connectivity index (χ2v) is 13.2. The maximum absolute atomic E-state index is 14.6. The molecule has 0 N–H and O–H groups in total. The van der Waals surface area contributed by atoms with Gasteiger partial charge >= 0.3 is 12.1 Å². The summed E-state index contributed by atoms with van der Waals surface area (Å²) < 4.78 is 66.2. The van der Waals surface area contributed by atoms with Crippen LogP contribution in [-0.2, 0) is 25.3 Å². The van der Waals surface area contributed by atoms with Crippen molar-refractivity contribution in [3.63, 3.8) is 0 Å². The zero-order valence-electron chi connectivity index (χ0n) is 25.5. The van der Waals surface area contributed by atoms with Crippen LogP contribution in [0.5, 0.6) is 11.5 Å². The fraction of sp³-hybridized carbons (Fsp3) is 0.559. The van der Waals surface area contributed by atoms with E-state index in [-0.39, 0.29) is 28.2 Å². The minimum atomic E-state index is -5.02. The molecule has 0 radical (unpaired) electrons. The Morgan fingerprint density at radius 1 is 0.952 bits per heavy atom. The first kappa shape index (κ1) is 30.5. The van der Waals surface area contributed by atoms with Gasteiger partial charge in [0.2, 0.25) is 0 Å². The first-order valence-electron chi connectivity index (χ1n) is 14.5. The van der Waals surface area contributed by atoms with Crippen LogP contribution in [0.1, 0.15) is 70.1 Å². The van der Waals surface area contributed by atoms with E-state index < -0.39 is 29.3 Å². The Balaban J connectivity index is 1.50. The molecular formula is C34H41F3O5. The summed E-state index contributed by atoms with van der Waals surface area (Å²) in [6, 6.07) is 10.9. The molecule has 2 aromatic rings. The lowest BCUT2D eigenvalue weighted by Crippen LogP contribution is -2.60. The van der Waals surface area contributed by atoms with Gasteiger partial charge in [-0.25, -0.2) is 4.79 Å². The fourth-order valence-electron chi connectivity index (χ4n) is 9.15. The lowest BCUT2D eigenvalue weighted by molar-refractivity contribution is -0.282. The van der Waals surface area contributed by atoms with Gasteiger partial charge in [-0.15, -0.1) is 0 Å². The van der Waals surface area contributed by atoms with Gasteiger partial charge in [0, 0.05) is 35.1 Å². The van der Waals surface area contributed by atoms with E-state index in [1.54, 1.807) is 20.3 Å². The van der Waals surface area contributed by atoms with Crippen molar-refractivity contribution in [2.24, 2.45) is 22.7 Å². The number of benzene rings is 2. The van der Waals surface area contributed by atoms with E-state index in [9.17, 15) is 18.0 Å². The topological polar surface area (TPSA) is 54.0 Å².